The van der Waals surface area contributed by atoms with Gasteiger partial charge in [0.2, 0.25) is 0 Å². The van der Waals surface area contributed by atoms with Gasteiger partial charge in [-0.25, -0.2) is 0 Å². The van der Waals surface area contributed by atoms with E-state index in [-0.39, 0.29) is 0 Å². The monoisotopic (exact) mass is 370 g/mol. The first-order chi connectivity index (χ1) is 9.28. The van der Waals surface area contributed by atoms with Crippen LogP contribution in [0.1, 0.15) is 76.2 Å². The molecule has 2 radical (unpaired) electrons. The van der Waals surface area contributed by atoms with Gasteiger partial charge in [-0.3, -0.25) is 0 Å². The normalized spacial score (nSPS) is 11.2. The van der Waals surface area contributed by atoms with E-state index in [9.17, 15) is 0 Å². The Morgan fingerprint density at radius 1 is 0.789 bits per heavy atom. The zero-order valence-electron chi connectivity index (χ0n) is 13.3. The molecular formula is C17H30OSn. The maximum atomic E-state index is 6.27. The van der Waals surface area contributed by atoms with Gasteiger partial charge in [0.25, 0.3) is 0 Å². The molecule has 1 heterocycles. The second-order valence-corrected chi connectivity index (χ2v) is 8.10. The van der Waals surface area contributed by atoms with Crippen LogP contribution in [-0.4, -0.2) is 21.1 Å². The van der Waals surface area contributed by atoms with Crippen LogP contribution in [0.4, 0.5) is 0 Å². The molecule has 0 aliphatic rings. The summed E-state index contributed by atoms with van der Waals surface area (Å²) in [5.41, 5.74) is 3.25. The zero-order valence-corrected chi connectivity index (χ0v) is 16.1. The number of aryl methyl sites for hydroxylation is 1. The maximum absolute atomic E-state index is 6.27. The average molecular weight is 369 g/mol. The summed E-state index contributed by atoms with van der Waals surface area (Å²) in [5.74, 6) is 1.35. The summed E-state index contributed by atoms with van der Waals surface area (Å²) in [7, 11) is 0. The molecule has 19 heavy (non-hydrogen) atoms. The van der Waals surface area contributed by atoms with Gasteiger partial charge in [-0.2, -0.15) is 0 Å². The Hall–Kier alpha value is 0.0787. The van der Waals surface area contributed by atoms with Crippen LogP contribution in [0.3, 0.4) is 0 Å². The van der Waals surface area contributed by atoms with Crippen LogP contribution in [0.2, 0.25) is 4.94 Å². The molecule has 2 heteroatoms. The summed E-state index contributed by atoms with van der Waals surface area (Å²) in [4.78, 5) is 2.39. The summed E-state index contributed by atoms with van der Waals surface area (Å²) in [6, 6.07) is 0. The molecular weight excluding hydrogens is 339 g/mol. The van der Waals surface area contributed by atoms with Gasteiger partial charge in [0, 0.05) is 0 Å². The first kappa shape index (κ1) is 17.1. The van der Waals surface area contributed by atoms with Crippen LogP contribution in [0.25, 0.3) is 0 Å². The van der Waals surface area contributed by atoms with Crippen molar-refractivity contribution in [2.75, 3.05) is 0 Å². The summed E-state index contributed by atoms with van der Waals surface area (Å²) in [6.45, 7) is 6.84. The van der Waals surface area contributed by atoms with Crippen molar-refractivity contribution in [3.63, 3.8) is 0 Å². The summed E-state index contributed by atoms with van der Waals surface area (Å²) in [5, 5.41) is 0. The van der Waals surface area contributed by atoms with Crippen LogP contribution in [0.15, 0.2) is 4.42 Å². The summed E-state index contributed by atoms with van der Waals surface area (Å²) < 4.78 is 7.71. The molecule has 1 aromatic heterocycles. The molecule has 0 unspecified atom stereocenters. The van der Waals surface area contributed by atoms with E-state index in [1.165, 1.54) is 60.9 Å². The van der Waals surface area contributed by atoms with Crippen LogP contribution in [0.5, 0.6) is 0 Å². The van der Waals surface area contributed by atoms with Gasteiger partial charge < -0.3 is 0 Å². The summed E-state index contributed by atoms with van der Waals surface area (Å²) >= 11 is -0.454. The third-order valence-electron chi connectivity index (χ3n) is 3.75. The van der Waals surface area contributed by atoms with Crippen molar-refractivity contribution in [1.29, 1.82) is 0 Å². The number of unbranched alkanes of at least 4 members (excludes halogenated alkanes) is 3. The van der Waals surface area contributed by atoms with E-state index < -0.39 is 21.1 Å². The summed E-state index contributed by atoms with van der Waals surface area (Å²) in [6.07, 6.45) is 11.4. The average Bonchev–Trinajstić information content (AvgIpc) is 2.77. The molecule has 0 N–H and O–H groups in total. The quantitative estimate of drug-likeness (QED) is 0.546. The molecule has 0 spiro atoms. The Morgan fingerprint density at radius 3 is 1.84 bits per heavy atom. The molecule has 0 aromatic carbocycles. The standard InChI is InChI=1S/C16H27O.CH3.Sn/c1-4-7-10-14-13-17-16(12-9-6-3)15(14)11-8-5-2;;/h4-12H2,1-3H3;1H3;. The van der Waals surface area contributed by atoms with Gasteiger partial charge in [0.05, 0.1) is 0 Å². The van der Waals surface area contributed by atoms with Crippen molar-refractivity contribution in [3.8, 4) is 0 Å². The third kappa shape index (κ3) is 5.17. The zero-order chi connectivity index (χ0) is 14.1. The van der Waals surface area contributed by atoms with Gasteiger partial charge in [-0.15, -0.1) is 0 Å². The first-order valence-electron chi connectivity index (χ1n) is 8.09. The van der Waals surface area contributed by atoms with Gasteiger partial charge in [0.1, 0.15) is 0 Å². The van der Waals surface area contributed by atoms with E-state index in [4.69, 9.17) is 4.42 Å². The fraction of sp³-hybridized carbons (Fsp3) is 0.765. The van der Waals surface area contributed by atoms with E-state index in [0.29, 0.717) is 0 Å². The van der Waals surface area contributed by atoms with Crippen LogP contribution < -0.4 is 3.78 Å². The van der Waals surface area contributed by atoms with Crippen molar-refractivity contribution >= 4 is 24.9 Å². The van der Waals surface area contributed by atoms with Crippen molar-refractivity contribution in [3.05, 3.63) is 16.9 Å². The molecule has 1 nitrogen and oxygen atoms in total. The number of hydrogen-bond acceptors (Lipinski definition) is 1. The van der Waals surface area contributed by atoms with Gasteiger partial charge in [-0.1, -0.05) is 0 Å². The second-order valence-electron chi connectivity index (χ2n) is 5.37. The van der Waals surface area contributed by atoms with Gasteiger partial charge in [0.15, 0.2) is 0 Å². The molecule has 108 valence electrons. The Labute approximate surface area is 129 Å². The van der Waals surface area contributed by atoms with E-state index in [1.807, 2.05) is 0 Å². The molecule has 0 amide bonds. The molecule has 0 bridgehead atoms. The van der Waals surface area contributed by atoms with E-state index >= 15 is 0 Å². The second kappa shape index (κ2) is 9.90. The third-order valence-corrected chi connectivity index (χ3v) is 6.19. The van der Waals surface area contributed by atoms with Gasteiger partial charge >= 0.3 is 130 Å². The Morgan fingerprint density at radius 2 is 1.32 bits per heavy atom. The van der Waals surface area contributed by atoms with Crippen LogP contribution in [0, 0.1) is 0 Å². The molecule has 0 atom stereocenters. The van der Waals surface area contributed by atoms with E-state index in [2.05, 4.69) is 25.7 Å². The molecule has 0 aliphatic carbocycles. The molecule has 0 saturated heterocycles. The van der Waals surface area contributed by atoms with E-state index in [1.54, 1.807) is 11.1 Å². The Kier molecular flexibility index (Phi) is 8.93. The predicted octanol–water partition coefficient (Wildman–Crippen LogP) is 4.69. The molecule has 1 aromatic rings. The molecule has 0 aliphatic heterocycles. The fourth-order valence-electron chi connectivity index (χ4n) is 2.55. The van der Waals surface area contributed by atoms with Gasteiger partial charge in [-0.05, 0) is 0 Å². The molecule has 1 rings (SSSR count). The number of rotatable bonds is 10. The Balaban J connectivity index is 2.96. The fourth-order valence-corrected chi connectivity index (χ4v) is 4.85. The first-order valence-corrected chi connectivity index (χ1v) is 12.4. The number of furan rings is 1. The van der Waals surface area contributed by atoms with Crippen molar-refractivity contribution in [1.82, 2.24) is 0 Å². The van der Waals surface area contributed by atoms with Crippen molar-refractivity contribution in [2.24, 2.45) is 0 Å². The minimum atomic E-state index is -0.454. The predicted molar refractivity (Wildman–Crippen MR) is 85.8 cm³/mol. The topological polar surface area (TPSA) is 13.1 Å². The molecule has 0 fully saturated rings. The minimum absolute atomic E-state index is 0.454. The SMILES string of the molecule is CCCCc1o[c]([Sn][CH3])c(CCCC)c1CCCC. The van der Waals surface area contributed by atoms with E-state index in [0.717, 1.165) is 6.42 Å². The number of hydrogen-bond donors (Lipinski definition) is 0. The molecule has 0 saturated carbocycles. The van der Waals surface area contributed by atoms with Crippen molar-refractivity contribution in [2.45, 2.75) is 83.5 Å². The van der Waals surface area contributed by atoms with Crippen molar-refractivity contribution < 1.29 is 4.42 Å². The van der Waals surface area contributed by atoms with Crippen LogP contribution in [-0.2, 0) is 19.3 Å². The van der Waals surface area contributed by atoms with Crippen LogP contribution >= 0.6 is 0 Å². The Bertz CT molecular complexity index is 354.